The lowest BCUT2D eigenvalue weighted by Gasteiger charge is -2.39. The number of nitrogens with one attached hydrogen (secondary N) is 2. The summed E-state index contributed by atoms with van der Waals surface area (Å²) in [6.45, 7) is 10.9. The highest BCUT2D eigenvalue weighted by Gasteiger charge is 2.56. The van der Waals surface area contributed by atoms with Crippen LogP contribution in [0.15, 0.2) is 85.1 Å². The van der Waals surface area contributed by atoms with Gasteiger partial charge in [-0.05, 0) is 56.5 Å². The van der Waals surface area contributed by atoms with E-state index >= 15 is 0 Å². The number of ether oxygens (including phenoxy) is 1. The van der Waals surface area contributed by atoms with Gasteiger partial charge in [0.05, 0.1) is 11.3 Å². The summed E-state index contributed by atoms with van der Waals surface area (Å²) in [6, 6.07) is 21.1. The number of carbonyl (C=O) groups is 3. The summed E-state index contributed by atoms with van der Waals surface area (Å²) in [7, 11) is 0. The predicted molar refractivity (Wildman–Crippen MR) is 166 cm³/mol. The molecule has 2 fully saturated rings. The van der Waals surface area contributed by atoms with Crippen molar-refractivity contribution in [3.05, 3.63) is 102 Å². The van der Waals surface area contributed by atoms with E-state index in [1.807, 2.05) is 59.5 Å². The molecule has 2 aliphatic heterocycles. The van der Waals surface area contributed by atoms with Gasteiger partial charge in [-0.1, -0.05) is 61.2 Å². The Morgan fingerprint density at radius 1 is 1.02 bits per heavy atom. The summed E-state index contributed by atoms with van der Waals surface area (Å²) in [4.78, 5) is 43.9. The van der Waals surface area contributed by atoms with Crippen LogP contribution in [0, 0.1) is 0 Å². The first-order valence-corrected chi connectivity index (χ1v) is 14.8. The molecule has 2 aliphatic rings. The van der Waals surface area contributed by atoms with Gasteiger partial charge in [0.1, 0.15) is 11.1 Å². The smallest absolute Gasteiger partial charge is 0.410 e. The Morgan fingerprint density at radius 3 is 2.45 bits per heavy atom. The van der Waals surface area contributed by atoms with Crippen molar-refractivity contribution >= 4 is 41.5 Å². The van der Waals surface area contributed by atoms with Crippen LogP contribution in [0.2, 0.25) is 0 Å². The van der Waals surface area contributed by atoms with Crippen LogP contribution in [0.1, 0.15) is 48.8 Å². The molecule has 0 spiro atoms. The molecule has 1 unspecified atom stereocenters. The number of nitrogens with zero attached hydrogens (tertiary/aromatic N) is 2. The maximum Gasteiger partial charge on any atom is 0.412 e. The molecule has 1 aromatic heterocycles. The third kappa shape index (κ3) is 6.26. The van der Waals surface area contributed by atoms with Crippen LogP contribution in [0.3, 0.4) is 0 Å². The van der Waals surface area contributed by atoms with Crippen molar-refractivity contribution in [3.8, 4) is 11.1 Å². The minimum atomic E-state index is -0.604. The molecule has 0 radical (unpaired) electrons. The first-order chi connectivity index (χ1) is 20.1. The highest BCUT2D eigenvalue weighted by molar-refractivity contribution is 8.01. The summed E-state index contributed by atoms with van der Waals surface area (Å²) in [5.41, 5.74) is 4.62. The third-order valence-corrected chi connectivity index (χ3v) is 9.28. The molecule has 0 saturated carbocycles. The fourth-order valence-electron chi connectivity index (χ4n) is 4.90. The highest BCUT2D eigenvalue weighted by Crippen LogP contribution is 2.53. The average Bonchev–Trinajstić information content (AvgIpc) is 3.21. The van der Waals surface area contributed by atoms with E-state index in [0.29, 0.717) is 41.9 Å². The number of hydrogen-bond donors (Lipinski definition) is 2. The molecular formula is C33H34N4O4S. The van der Waals surface area contributed by atoms with Crippen LogP contribution < -0.4 is 10.6 Å². The van der Waals surface area contributed by atoms with Gasteiger partial charge in [0.2, 0.25) is 0 Å². The first kappa shape index (κ1) is 29.1. The molecule has 9 heteroatoms. The molecule has 8 nitrogen and oxygen atoms in total. The number of fused-ring (bicyclic) bond motifs is 1. The standard InChI is InChI=1S/C33H34N4O4S/c1-21(23-11-13-25(14-12-23)24-9-6-5-7-10-24)41-32(40)36-17-8-16-35-29(38)26-15-18-34-27(19-26)20-28-30(39)37-22(2)33(3,4)42-31(28)37/h5-7,9-15,18-20,22,31H,1,8,16-17H2,2-4H3,(H,35,38)(H,36,40)/b28-20-/t22-,31?/m0/s1. The van der Waals surface area contributed by atoms with Crippen LogP contribution in [-0.4, -0.2) is 57.0 Å². The highest BCUT2D eigenvalue weighted by atomic mass is 32.2. The van der Waals surface area contributed by atoms with Crippen LogP contribution in [0.25, 0.3) is 23.0 Å². The number of rotatable bonds is 9. The van der Waals surface area contributed by atoms with Gasteiger partial charge in [0.15, 0.2) is 0 Å². The maximum absolute atomic E-state index is 12.7. The summed E-state index contributed by atoms with van der Waals surface area (Å²) in [5, 5.41) is 5.56. The van der Waals surface area contributed by atoms with Crippen molar-refractivity contribution in [1.82, 2.24) is 20.5 Å². The van der Waals surface area contributed by atoms with Crippen molar-refractivity contribution < 1.29 is 19.1 Å². The number of β-lactam (4-membered cyclic amide) rings is 1. The molecule has 3 aromatic rings. The van der Waals surface area contributed by atoms with Crippen LogP contribution in [-0.2, 0) is 9.53 Å². The van der Waals surface area contributed by atoms with E-state index in [1.165, 1.54) is 0 Å². The molecule has 3 amide bonds. The minimum Gasteiger partial charge on any atom is -0.410 e. The van der Waals surface area contributed by atoms with Gasteiger partial charge >= 0.3 is 6.09 Å². The van der Waals surface area contributed by atoms with Gasteiger partial charge in [-0.15, -0.1) is 11.8 Å². The number of benzene rings is 2. The second-order valence-electron chi connectivity index (χ2n) is 10.8. The second-order valence-corrected chi connectivity index (χ2v) is 12.6. The largest absolute Gasteiger partial charge is 0.412 e. The quantitative estimate of drug-likeness (QED) is 0.145. The van der Waals surface area contributed by atoms with Crippen LogP contribution in [0.4, 0.5) is 4.79 Å². The van der Waals surface area contributed by atoms with E-state index in [1.54, 1.807) is 36.2 Å². The molecule has 3 heterocycles. The molecule has 2 aromatic carbocycles. The SMILES string of the molecule is C=C(OC(=O)NCCCNC(=O)c1ccnc(/C=C2/C(=O)N3C2SC(C)(C)[C@@H]3C)c1)c1ccc(-c2ccccc2)cc1. The Bertz CT molecular complexity index is 1540. The predicted octanol–water partition coefficient (Wildman–Crippen LogP) is 5.73. The van der Waals surface area contributed by atoms with Gasteiger partial charge in [-0.25, -0.2) is 4.79 Å². The van der Waals surface area contributed by atoms with Gasteiger partial charge in [0.25, 0.3) is 11.8 Å². The number of alkyl carbamates (subject to hydrolysis) is 1. The number of carbonyl (C=O) groups excluding carboxylic acids is 3. The van der Waals surface area contributed by atoms with Crippen LogP contribution >= 0.6 is 11.8 Å². The summed E-state index contributed by atoms with van der Waals surface area (Å²) >= 11 is 1.77. The average molecular weight is 583 g/mol. The molecule has 216 valence electrons. The Labute approximate surface area is 250 Å². The number of hydrogen-bond acceptors (Lipinski definition) is 6. The summed E-state index contributed by atoms with van der Waals surface area (Å²) in [5.74, 6) is 0.0289. The number of aromatic nitrogens is 1. The lowest BCUT2D eigenvalue weighted by molar-refractivity contribution is -0.135. The number of pyridine rings is 1. The van der Waals surface area contributed by atoms with Crippen molar-refractivity contribution in [1.29, 1.82) is 0 Å². The Hall–Kier alpha value is -4.37. The van der Waals surface area contributed by atoms with E-state index in [2.05, 4.69) is 43.0 Å². The van der Waals surface area contributed by atoms with Crippen molar-refractivity contribution in [2.45, 2.75) is 43.4 Å². The summed E-state index contributed by atoms with van der Waals surface area (Å²) < 4.78 is 5.30. The molecule has 0 aliphatic carbocycles. The lowest BCUT2D eigenvalue weighted by atomic mass is 9.96. The van der Waals surface area contributed by atoms with E-state index in [0.717, 1.165) is 11.1 Å². The van der Waals surface area contributed by atoms with Gasteiger partial charge in [-0.2, -0.15) is 0 Å². The van der Waals surface area contributed by atoms with E-state index < -0.39 is 6.09 Å². The van der Waals surface area contributed by atoms with Crippen LogP contribution in [0.5, 0.6) is 0 Å². The van der Waals surface area contributed by atoms with Crippen molar-refractivity contribution in [2.24, 2.45) is 0 Å². The lowest BCUT2D eigenvalue weighted by Crippen LogP contribution is -2.54. The minimum absolute atomic E-state index is 0.0141. The van der Waals surface area contributed by atoms with Gasteiger partial charge in [-0.3, -0.25) is 14.6 Å². The summed E-state index contributed by atoms with van der Waals surface area (Å²) in [6.07, 6.45) is 3.25. The molecule has 2 saturated heterocycles. The first-order valence-electron chi connectivity index (χ1n) is 13.9. The monoisotopic (exact) mass is 582 g/mol. The molecule has 2 N–H and O–H groups in total. The normalized spacial score (nSPS) is 19.5. The molecular weight excluding hydrogens is 548 g/mol. The molecule has 42 heavy (non-hydrogen) atoms. The zero-order chi connectivity index (χ0) is 29.9. The fraction of sp³-hybridized carbons (Fsp3) is 0.273. The topological polar surface area (TPSA) is 101 Å². The Balaban J connectivity index is 1.04. The fourth-order valence-corrected chi connectivity index (χ4v) is 6.47. The molecule has 2 atom stereocenters. The number of amides is 3. The zero-order valence-corrected chi connectivity index (χ0v) is 24.7. The zero-order valence-electron chi connectivity index (χ0n) is 23.9. The van der Waals surface area contributed by atoms with E-state index in [9.17, 15) is 14.4 Å². The van der Waals surface area contributed by atoms with Gasteiger partial charge < -0.3 is 20.3 Å². The Kier molecular flexibility index (Phi) is 8.49. The van der Waals surface area contributed by atoms with Crippen molar-refractivity contribution in [2.75, 3.05) is 13.1 Å². The molecule has 5 rings (SSSR count). The Morgan fingerprint density at radius 2 is 1.71 bits per heavy atom. The molecule has 0 bridgehead atoms. The third-order valence-electron chi connectivity index (χ3n) is 7.62. The maximum atomic E-state index is 12.7. The van der Waals surface area contributed by atoms with E-state index in [4.69, 9.17) is 4.74 Å². The van der Waals surface area contributed by atoms with Crippen molar-refractivity contribution in [3.63, 3.8) is 0 Å². The van der Waals surface area contributed by atoms with E-state index in [-0.39, 0.29) is 33.7 Å². The second kappa shape index (κ2) is 12.2. The number of thioether (sulfide) groups is 1. The van der Waals surface area contributed by atoms with Gasteiger partial charge in [0, 0.05) is 41.2 Å².